The van der Waals surface area contributed by atoms with Crippen molar-refractivity contribution in [3.63, 3.8) is 0 Å². The predicted molar refractivity (Wildman–Crippen MR) is 59.5 cm³/mol. The molecule has 5 nitrogen and oxygen atoms in total. The van der Waals surface area contributed by atoms with E-state index in [1.165, 1.54) is 11.3 Å². The molecular weight excluding hydrogens is 250 g/mol. The summed E-state index contributed by atoms with van der Waals surface area (Å²) in [6.07, 6.45) is 2.13. The van der Waals surface area contributed by atoms with Crippen molar-refractivity contribution >= 4 is 27.1 Å². The number of carboxylic acid groups (broad SMARTS) is 1. The van der Waals surface area contributed by atoms with E-state index in [9.17, 15) is 13.2 Å². The largest absolute Gasteiger partial charge is 0.481 e. The molecule has 2 rings (SSSR count). The normalized spacial score (nSPS) is 23.4. The molecule has 0 spiro atoms. The van der Waals surface area contributed by atoms with Crippen LogP contribution in [0, 0.1) is 0 Å². The van der Waals surface area contributed by atoms with Gasteiger partial charge in [0.25, 0.3) is 0 Å². The third-order valence-corrected chi connectivity index (χ3v) is 5.44. The van der Waals surface area contributed by atoms with E-state index in [0.717, 1.165) is 4.88 Å². The molecule has 1 atom stereocenters. The van der Waals surface area contributed by atoms with Gasteiger partial charge < -0.3 is 5.11 Å². The summed E-state index contributed by atoms with van der Waals surface area (Å²) in [5, 5.41) is 9.13. The lowest BCUT2D eigenvalue weighted by molar-refractivity contribution is -0.136. The van der Waals surface area contributed by atoms with Crippen LogP contribution in [-0.4, -0.2) is 36.0 Å². The molecule has 1 saturated heterocycles. The molecule has 1 N–H and O–H groups in total. The minimum atomic E-state index is -2.89. The lowest BCUT2D eigenvalue weighted by Gasteiger charge is -2.01. The van der Waals surface area contributed by atoms with Gasteiger partial charge in [0.15, 0.2) is 9.84 Å². The number of carbonyl (C=O) groups is 1. The Balaban J connectivity index is 2.11. The number of sulfone groups is 1. The van der Waals surface area contributed by atoms with Gasteiger partial charge in [-0.25, -0.2) is 13.4 Å². The van der Waals surface area contributed by atoms with Gasteiger partial charge in [0, 0.05) is 17.0 Å². The topological polar surface area (TPSA) is 84.3 Å². The van der Waals surface area contributed by atoms with Crippen LogP contribution in [-0.2, 0) is 21.1 Å². The average molecular weight is 261 g/mol. The molecule has 0 radical (unpaired) electrons. The second-order valence-corrected chi connectivity index (χ2v) is 7.20. The summed E-state index contributed by atoms with van der Waals surface area (Å²) >= 11 is 1.30. The number of aromatic nitrogens is 1. The Labute approximate surface area is 97.1 Å². The van der Waals surface area contributed by atoms with Crippen molar-refractivity contribution in [2.45, 2.75) is 18.8 Å². The Morgan fingerprint density at radius 3 is 2.94 bits per heavy atom. The van der Waals surface area contributed by atoms with E-state index in [2.05, 4.69) is 4.98 Å². The zero-order valence-corrected chi connectivity index (χ0v) is 10.1. The van der Waals surface area contributed by atoms with Crippen molar-refractivity contribution < 1.29 is 18.3 Å². The van der Waals surface area contributed by atoms with Gasteiger partial charge >= 0.3 is 5.97 Å². The fourth-order valence-corrected chi connectivity index (χ4v) is 4.67. The van der Waals surface area contributed by atoms with Crippen LogP contribution in [0.4, 0.5) is 0 Å². The van der Waals surface area contributed by atoms with Crippen molar-refractivity contribution in [3.8, 4) is 0 Å². The zero-order chi connectivity index (χ0) is 11.8. The molecule has 0 bridgehead atoms. The van der Waals surface area contributed by atoms with E-state index in [0.29, 0.717) is 11.4 Å². The van der Waals surface area contributed by atoms with Crippen molar-refractivity contribution in [3.05, 3.63) is 16.1 Å². The number of nitrogens with zero attached hydrogens (tertiary/aromatic N) is 1. The van der Waals surface area contributed by atoms with E-state index in [1.807, 2.05) is 0 Å². The second kappa shape index (κ2) is 4.14. The molecule has 16 heavy (non-hydrogen) atoms. The van der Waals surface area contributed by atoms with E-state index >= 15 is 0 Å². The van der Waals surface area contributed by atoms with Gasteiger partial charge in [0.2, 0.25) is 0 Å². The van der Waals surface area contributed by atoms with Gasteiger partial charge in [-0.05, 0) is 6.42 Å². The average Bonchev–Trinajstić information content (AvgIpc) is 2.71. The smallest absolute Gasteiger partial charge is 0.310 e. The Hall–Kier alpha value is -0.950. The molecule has 1 aromatic heterocycles. The van der Waals surface area contributed by atoms with Gasteiger partial charge in [-0.2, -0.15) is 0 Å². The lowest BCUT2D eigenvalue weighted by atomic mass is 10.1. The highest BCUT2D eigenvalue weighted by Crippen LogP contribution is 2.32. The number of hydrogen-bond donors (Lipinski definition) is 1. The molecule has 0 saturated carbocycles. The maximum absolute atomic E-state index is 11.3. The van der Waals surface area contributed by atoms with Crippen LogP contribution in [0.1, 0.15) is 22.2 Å². The number of thiazole rings is 1. The van der Waals surface area contributed by atoms with Crippen molar-refractivity contribution in [2.75, 3.05) is 11.5 Å². The molecule has 88 valence electrons. The molecule has 1 aromatic rings. The minimum Gasteiger partial charge on any atom is -0.481 e. The third kappa shape index (κ3) is 2.59. The zero-order valence-electron chi connectivity index (χ0n) is 8.42. The first kappa shape index (κ1) is 11.5. The molecule has 0 aromatic carbocycles. The Kier molecular flexibility index (Phi) is 2.98. The molecule has 7 heteroatoms. The fourth-order valence-electron chi connectivity index (χ4n) is 1.74. The first-order valence-corrected chi connectivity index (χ1v) is 7.47. The maximum Gasteiger partial charge on any atom is 0.310 e. The molecule has 2 heterocycles. The molecular formula is C9H11NO4S2. The van der Waals surface area contributed by atoms with Crippen LogP contribution in [0.3, 0.4) is 0 Å². The molecule has 1 unspecified atom stereocenters. The SMILES string of the molecule is O=C(O)Cc1ncc(C2CCS(=O)(=O)C2)s1. The fraction of sp³-hybridized carbons (Fsp3) is 0.556. The van der Waals surface area contributed by atoms with Gasteiger partial charge in [-0.1, -0.05) is 0 Å². The van der Waals surface area contributed by atoms with Crippen molar-refractivity contribution in [2.24, 2.45) is 0 Å². The summed E-state index contributed by atoms with van der Waals surface area (Å²) in [5.74, 6) is -0.518. The van der Waals surface area contributed by atoms with E-state index in [1.54, 1.807) is 6.20 Å². The summed E-state index contributed by atoms with van der Waals surface area (Å²) in [4.78, 5) is 15.4. The highest BCUT2D eigenvalue weighted by molar-refractivity contribution is 7.91. The predicted octanol–water partition coefficient (Wildman–Crippen LogP) is 0.672. The van der Waals surface area contributed by atoms with Gasteiger partial charge in [-0.15, -0.1) is 11.3 Å². The Morgan fingerprint density at radius 2 is 2.38 bits per heavy atom. The second-order valence-electron chi connectivity index (χ2n) is 3.83. The summed E-state index contributed by atoms with van der Waals surface area (Å²) < 4.78 is 22.6. The van der Waals surface area contributed by atoms with Crippen LogP contribution < -0.4 is 0 Å². The molecule has 1 fully saturated rings. The summed E-state index contributed by atoms with van der Waals surface area (Å²) in [7, 11) is -2.89. The third-order valence-electron chi connectivity index (χ3n) is 2.51. The quantitative estimate of drug-likeness (QED) is 0.864. The van der Waals surface area contributed by atoms with E-state index in [4.69, 9.17) is 5.11 Å². The standard InChI is InChI=1S/C9H11NO4S2/c11-9(12)3-8-10-4-7(15-8)6-1-2-16(13,14)5-6/h4,6H,1-3,5H2,(H,11,12). The summed E-state index contributed by atoms with van der Waals surface area (Å²) in [5.41, 5.74) is 0. The Morgan fingerprint density at radius 1 is 1.62 bits per heavy atom. The monoisotopic (exact) mass is 261 g/mol. The first-order chi connectivity index (χ1) is 7.46. The maximum atomic E-state index is 11.3. The van der Waals surface area contributed by atoms with Gasteiger partial charge in [0.05, 0.1) is 17.9 Å². The van der Waals surface area contributed by atoms with Crippen LogP contribution >= 0.6 is 11.3 Å². The van der Waals surface area contributed by atoms with E-state index in [-0.39, 0.29) is 23.8 Å². The number of hydrogen-bond acceptors (Lipinski definition) is 5. The van der Waals surface area contributed by atoms with Crippen LogP contribution in [0.25, 0.3) is 0 Å². The minimum absolute atomic E-state index is 0.00467. The Bertz CT molecular complexity index is 505. The van der Waals surface area contributed by atoms with Crippen molar-refractivity contribution in [1.29, 1.82) is 0 Å². The number of rotatable bonds is 3. The summed E-state index contributed by atoms with van der Waals surface area (Å²) in [6, 6.07) is 0. The van der Waals surface area contributed by atoms with E-state index < -0.39 is 15.8 Å². The van der Waals surface area contributed by atoms with Crippen molar-refractivity contribution in [1.82, 2.24) is 4.98 Å². The lowest BCUT2D eigenvalue weighted by Crippen LogP contribution is -2.02. The number of aliphatic carboxylic acids is 1. The van der Waals surface area contributed by atoms with Crippen LogP contribution in [0.5, 0.6) is 0 Å². The van der Waals surface area contributed by atoms with Gasteiger partial charge in [0.1, 0.15) is 5.01 Å². The summed E-state index contributed by atoms with van der Waals surface area (Å²) in [6.45, 7) is 0. The molecule has 1 aliphatic rings. The molecule has 0 amide bonds. The molecule has 1 aliphatic heterocycles. The first-order valence-electron chi connectivity index (χ1n) is 4.83. The highest BCUT2D eigenvalue weighted by atomic mass is 32.2. The van der Waals surface area contributed by atoms with Gasteiger partial charge in [-0.3, -0.25) is 4.79 Å². The number of carboxylic acids is 1. The van der Waals surface area contributed by atoms with Crippen LogP contribution in [0.2, 0.25) is 0 Å². The van der Waals surface area contributed by atoms with Crippen LogP contribution in [0.15, 0.2) is 6.20 Å². The molecule has 0 aliphatic carbocycles. The highest BCUT2D eigenvalue weighted by Gasteiger charge is 2.30.